The highest BCUT2D eigenvalue weighted by molar-refractivity contribution is 5.94. The second-order valence-corrected chi connectivity index (χ2v) is 9.88. The maximum absolute atomic E-state index is 12.6. The third kappa shape index (κ3) is 8.33. The van der Waals surface area contributed by atoms with Gasteiger partial charge in [0.25, 0.3) is 0 Å². The molecule has 1 saturated heterocycles. The van der Waals surface area contributed by atoms with Crippen molar-refractivity contribution in [2.24, 2.45) is 0 Å². The minimum atomic E-state index is -0.223. The Morgan fingerprint density at radius 2 is 1.66 bits per heavy atom. The maximum Gasteiger partial charge on any atom is 0.318 e. The van der Waals surface area contributed by atoms with Crippen LogP contribution in [0.5, 0.6) is 0 Å². The van der Waals surface area contributed by atoms with Crippen LogP contribution in [0.1, 0.15) is 59.3 Å². The summed E-state index contributed by atoms with van der Waals surface area (Å²) in [7, 11) is 0. The van der Waals surface area contributed by atoms with E-state index >= 15 is 0 Å². The molecule has 9 heteroatoms. The number of piperazine rings is 1. The zero-order valence-corrected chi connectivity index (χ0v) is 21.5. The predicted octanol–water partition coefficient (Wildman–Crippen LogP) is 3.62. The summed E-state index contributed by atoms with van der Waals surface area (Å²) in [6.07, 6.45) is 6.66. The van der Waals surface area contributed by atoms with Crippen molar-refractivity contribution in [2.45, 2.75) is 71.4 Å². The number of carbonyl (C=O) groups excluding carboxylic acids is 3. The van der Waals surface area contributed by atoms with E-state index in [2.05, 4.69) is 20.9 Å². The molecule has 1 heterocycles. The van der Waals surface area contributed by atoms with Gasteiger partial charge in [-0.3, -0.25) is 4.79 Å². The molecule has 1 aliphatic carbocycles. The van der Waals surface area contributed by atoms with Crippen LogP contribution in [0, 0.1) is 0 Å². The second-order valence-electron chi connectivity index (χ2n) is 9.88. The number of anilines is 2. The molecule has 0 spiro atoms. The summed E-state index contributed by atoms with van der Waals surface area (Å²) < 4.78 is 0. The van der Waals surface area contributed by atoms with Crippen molar-refractivity contribution in [1.29, 1.82) is 0 Å². The Kier molecular flexibility index (Phi) is 10.0. The average molecular weight is 487 g/mol. The van der Waals surface area contributed by atoms with Gasteiger partial charge in [0.1, 0.15) is 6.54 Å². The third-order valence-electron chi connectivity index (χ3n) is 6.54. The van der Waals surface area contributed by atoms with E-state index in [0.29, 0.717) is 31.4 Å². The lowest BCUT2D eigenvalue weighted by molar-refractivity contribution is -0.116. The quantitative estimate of drug-likeness (QED) is 0.523. The van der Waals surface area contributed by atoms with Crippen molar-refractivity contribution in [1.82, 2.24) is 20.4 Å². The topological polar surface area (TPSA) is 97.0 Å². The first-order chi connectivity index (χ1) is 16.9. The number of rotatable bonds is 8. The molecule has 1 aromatic rings. The van der Waals surface area contributed by atoms with Crippen LogP contribution in [0.15, 0.2) is 24.3 Å². The van der Waals surface area contributed by atoms with Crippen molar-refractivity contribution >= 4 is 29.3 Å². The van der Waals surface area contributed by atoms with Gasteiger partial charge in [0.05, 0.1) is 0 Å². The molecule has 0 atom stereocenters. The number of nitrogens with zero attached hydrogens (tertiary/aromatic N) is 3. The molecule has 0 unspecified atom stereocenters. The number of nitrogens with one attached hydrogen (secondary N) is 3. The summed E-state index contributed by atoms with van der Waals surface area (Å²) in [6, 6.07) is 7.93. The fourth-order valence-corrected chi connectivity index (χ4v) is 4.67. The SMILES string of the molecule is CCCN(CC(=O)Nc1ccc(N2CCN(C(=O)NC3CCCCC3)CC2)cc1)C(=O)NC(C)C. The molecule has 9 nitrogen and oxygen atoms in total. The molecular weight excluding hydrogens is 444 g/mol. The zero-order chi connectivity index (χ0) is 25.2. The maximum atomic E-state index is 12.6. The van der Waals surface area contributed by atoms with Gasteiger partial charge in [-0.2, -0.15) is 0 Å². The van der Waals surface area contributed by atoms with Crippen LogP contribution in [0.4, 0.5) is 21.0 Å². The normalized spacial score (nSPS) is 16.7. The number of amides is 5. The molecule has 3 rings (SSSR count). The molecule has 1 aliphatic heterocycles. The lowest BCUT2D eigenvalue weighted by atomic mass is 9.96. The average Bonchev–Trinajstić information content (AvgIpc) is 2.84. The van der Waals surface area contributed by atoms with Crippen LogP contribution in [0.25, 0.3) is 0 Å². The van der Waals surface area contributed by atoms with Crippen LogP contribution in [0.2, 0.25) is 0 Å². The highest BCUT2D eigenvalue weighted by Gasteiger charge is 2.24. The molecule has 2 fully saturated rings. The molecule has 0 bridgehead atoms. The number of benzene rings is 1. The molecule has 1 saturated carbocycles. The van der Waals surface area contributed by atoms with E-state index in [-0.39, 0.29) is 30.6 Å². The fraction of sp³-hybridized carbons (Fsp3) is 0.654. The number of carbonyl (C=O) groups is 3. The van der Waals surface area contributed by atoms with Crippen molar-refractivity contribution < 1.29 is 14.4 Å². The van der Waals surface area contributed by atoms with Gasteiger partial charge >= 0.3 is 12.1 Å². The fourth-order valence-electron chi connectivity index (χ4n) is 4.67. The first-order valence-electron chi connectivity index (χ1n) is 13.1. The summed E-state index contributed by atoms with van der Waals surface area (Å²) in [4.78, 5) is 43.2. The van der Waals surface area contributed by atoms with Gasteiger partial charge in [-0.25, -0.2) is 9.59 Å². The molecule has 35 heavy (non-hydrogen) atoms. The summed E-state index contributed by atoms with van der Waals surface area (Å²) in [5, 5.41) is 8.94. The summed E-state index contributed by atoms with van der Waals surface area (Å²) in [5.41, 5.74) is 1.77. The van der Waals surface area contributed by atoms with E-state index in [0.717, 1.165) is 38.0 Å². The molecule has 2 aliphatic rings. The molecule has 0 radical (unpaired) electrons. The second kappa shape index (κ2) is 13.2. The van der Waals surface area contributed by atoms with Gasteiger partial charge in [0.15, 0.2) is 0 Å². The lowest BCUT2D eigenvalue weighted by Crippen LogP contribution is -2.53. The zero-order valence-electron chi connectivity index (χ0n) is 21.5. The lowest BCUT2D eigenvalue weighted by Gasteiger charge is -2.37. The van der Waals surface area contributed by atoms with E-state index in [1.807, 2.05) is 49.9 Å². The first-order valence-corrected chi connectivity index (χ1v) is 13.1. The van der Waals surface area contributed by atoms with Crippen molar-refractivity contribution in [3.8, 4) is 0 Å². The largest absolute Gasteiger partial charge is 0.368 e. The van der Waals surface area contributed by atoms with Crippen LogP contribution < -0.4 is 20.9 Å². The Morgan fingerprint density at radius 1 is 1.00 bits per heavy atom. The van der Waals surface area contributed by atoms with E-state index in [4.69, 9.17) is 0 Å². The molecule has 5 amide bonds. The molecule has 194 valence electrons. The van der Waals surface area contributed by atoms with Gasteiger partial charge in [0, 0.05) is 56.2 Å². The predicted molar refractivity (Wildman–Crippen MR) is 140 cm³/mol. The van der Waals surface area contributed by atoms with Gasteiger partial charge in [-0.1, -0.05) is 26.2 Å². The summed E-state index contributed by atoms with van der Waals surface area (Å²) in [5.74, 6) is -0.220. The van der Waals surface area contributed by atoms with Crippen LogP contribution >= 0.6 is 0 Å². The number of urea groups is 2. The summed E-state index contributed by atoms with van der Waals surface area (Å²) >= 11 is 0. The minimum absolute atomic E-state index is 0.0129. The Morgan fingerprint density at radius 3 is 2.26 bits per heavy atom. The monoisotopic (exact) mass is 486 g/mol. The first kappa shape index (κ1) is 26.6. The Labute approximate surface area is 209 Å². The van der Waals surface area contributed by atoms with E-state index in [1.165, 1.54) is 24.2 Å². The van der Waals surface area contributed by atoms with Crippen molar-refractivity contribution in [3.63, 3.8) is 0 Å². The standard InChI is InChI=1S/C26H42N6O3/c1-4-14-32(25(34)27-20(2)3)19-24(33)28-22-10-12-23(13-11-22)30-15-17-31(18-16-30)26(35)29-21-8-6-5-7-9-21/h10-13,20-21H,4-9,14-19H2,1-3H3,(H,27,34)(H,28,33)(H,29,35). The number of hydrogen-bond donors (Lipinski definition) is 3. The van der Waals surface area contributed by atoms with Gasteiger partial charge in [0.2, 0.25) is 5.91 Å². The minimum Gasteiger partial charge on any atom is -0.368 e. The third-order valence-corrected chi connectivity index (χ3v) is 6.54. The molecule has 0 aromatic heterocycles. The molecular formula is C26H42N6O3. The van der Waals surface area contributed by atoms with E-state index < -0.39 is 0 Å². The number of hydrogen-bond acceptors (Lipinski definition) is 4. The van der Waals surface area contributed by atoms with Crippen LogP contribution in [-0.2, 0) is 4.79 Å². The highest BCUT2D eigenvalue weighted by Crippen LogP contribution is 2.21. The summed E-state index contributed by atoms with van der Waals surface area (Å²) in [6.45, 7) is 9.27. The van der Waals surface area contributed by atoms with Gasteiger partial charge in [-0.15, -0.1) is 0 Å². The van der Waals surface area contributed by atoms with Crippen LogP contribution in [-0.4, -0.2) is 79.1 Å². The Bertz CT molecular complexity index is 830. The Hall–Kier alpha value is -2.97. The van der Waals surface area contributed by atoms with Gasteiger partial charge in [-0.05, 0) is 57.4 Å². The van der Waals surface area contributed by atoms with E-state index in [9.17, 15) is 14.4 Å². The Balaban J connectivity index is 1.45. The van der Waals surface area contributed by atoms with Crippen LogP contribution in [0.3, 0.4) is 0 Å². The molecule has 3 N–H and O–H groups in total. The molecule has 1 aromatic carbocycles. The van der Waals surface area contributed by atoms with Crippen molar-refractivity contribution in [3.05, 3.63) is 24.3 Å². The van der Waals surface area contributed by atoms with E-state index in [1.54, 1.807) is 0 Å². The highest BCUT2D eigenvalue weighted by atomic mass is 16.2. The smallest absolute Gasteiger partial charge is 0.318 e. The van der Waals surface area contributed by atoms with Crippen molar-refractivity contribution in [2.75, 3.05) is 49.5 Å². The van der Waals surface area contributed by atoms with Gasteiger partial charge < -0.3 is 30.7 Å².